The van der Waals surface area contributed by atoms with Crippen molar-refractivity contribution in [3.05, 3.63) is 29.8 Å². The predicted octanol–water partition coefficient (Wildman–Crippen LogP) is 0.956. The molecule has 0 spiro atoms. The van der Waals surface area contributed by atoms with Crippen LogP contribution in [0.5, 0.6) is 5.75 Å². The first-order chi connectivity index (χ1) is 9.56. The monoisotopic (exact) mass is 274 g/mol. The van der Waals surface area contributed by atoms with Crippen LogP contribution in [0.2, 0.25) is 5.82 Å². The molecule has 2 atom stereocenters. The first kappa shape index (κ1) is 14.4. The van der Waals surface area contributed by atoms with E-state index in [0.29, 0.717) is 0 Å². The summed E-state index contributed by atoms with van der Waals surface area (Å²) >= 11 is 0. The van der Waals surface area contributed by atoms with Gasteiger partial charge >= 0.3 is 0 Å². The molecule has 106 valence electrons. The minimum absolute atomic E-state index is 0.0666. The second-order valence-corrected chi connectivity index (χ2v) is 4.79. The lowest BCUT2D eigenvalue weighted by atomic mass is 9.74. The Morgan fingerprint density at radius 2 is 2.00 bits per heavy atom. The maximum atomic E-state index is 11.7. The summed E-state index contributed by atoms with van der Waals surface area (Å²) in [5.74, 6) is 0.358. The van der Waals surface area contributed by atoms with Gasteiger partial charge in [-0.3, -0.25) is 4.79 Å². The molecule has 5 nitrogen and oxygen atoms in total. The van der Waals surface area contributed by atoms with E-state index in [2.05, 4.69) is 0 Å². The summed E-state index contributed by atoms with van der Waals surface area (Å²) in [4.78, 5) is 11.7. The number of esters is 1. The van der Waals surface area contributed by atoms with E-state index in [9.17, 15) is 4.79 Å². The van der Waals surface area contributed by atoms with Gasteiger partial charge in [-0.25, -0.2) is 5.01 Å². The number of hydrazine groups is 1. The number of hydrogen-bond donors (Lipinski definition) is 0. The maximum absolute atomic E-state index is 11.7. The molecule has 1 aromatic carbocycles. The summed E-state index contributed by atoms with van der Waals surface area (Å²) in [6.45, 7) is 2.00. The van der Waals surface area contributed by atoms with Crippen molar-refractivity contribution in [2.75, 3.05) is 21.3 Å². The minimum Gasteiger partial charge on any atom is -0.497 e. The molecule has 1 saturated heterocycles. The van der Waals surface area contributed by atoms with Crippen molar-refractivity contribution in [3.63, 3.8) is 0 Å². The van der Waals surface area contributed by atoms with Crippen LogP contribution in [0.3, 0.4) is 0 Å². The molecule has 0 saturated carbocycles. The molecule has 2 rings (SSSR count). The fourth-order valence-electron chi connectivity index (χ4n) is 2.21. The first-order valence-electron chi connectivity index (χ1n) is 6.49. The molecule has 20 heavy (non-hydrogen) atoms. The van der Waals surface area contributed by atoms with Crippen LogP contribution in [0.15, 0.2) is 24.3 Å². The van der Waals surface area contributed by atoms with Crippen LogP contribution in [-0.4, -0.2) is 56.5 Å². The van der Waals surface area contributed by atoms with E-state index in [4.69, 9.17) is 9.47 Å². The third kappa shape index (κ3) is 2.79. The van der Waals surface area contributed by atoms with Gasteiger partial charge in [0.1, 0.15) is 19.4 Å². The summed E-state index contributed by atoms with van der Waals surface area (Å²) in [5.41, 5.74) is 1.03. The molecule has 0 unspecified atom stereocenters. The molecule has 1 aliphatic heterocycles. The maximum Gasteiger partial charge on any atom is 0.276 e. The van der Waals surface area contributed by atoms with Crippen molar-refractivity contribution < 1.29 is 18.9 Å². The molecule has 1 fully saturated rings. The smallest absolute Gasteiger partial charge is 0.276 e. The first-order valence-corrected chi connectivity index (χ1v) is 6.49. The van der Waals surface area contributed by atoms with Crippen LogP contribution in [0.1, 0.15) is 12.5 Å². The van der Waals surface area contributed by atoms with E-state index in [-0.39, 0.29) is 17.8 Å². The molecule has 0 aliphatic carbocycles. The number of hydrazone groups is 1. The second kappa shape index (κ2) is 5.99. The SMILES string of the molecule is COC(=O)[C@H]1[B-]/[N+](=C\c2ccc(OC)cc2)N(C)[C@@H]1C. The van der Waals surface area contributed by atoms with Crippen molar-refractivity contribution in [2.45, 2.75) is 18.8 Å². The topological polar surface area (TPSA) is 41.8 Å². The molecular weight excluding hydrogens is 255 g/mol. The molecule has 0 aromatic heterocycles. The molecule has 0 N–H and O–H groups in total. The number of hydrogen-bond acceptors (Lipinski definition) is 4. The Labute approximate surface area is 120 Å². The Balaban J connectivity index is 2.19. The zero-order valence-electron chi connectivity index (χ0n) is 12.2. The summed E-state index contributed by atoms with van der Waals surface area (Å²) in [7, 11) is 6.88. The number of carbonyl (C=O) groups excluding carboxylic acids is 1. The Bertz CT molecular complexity index is 516. The van der Waals surface area contributed by atoms with Crippen molar-refractivity contribution >= 4 is 19.6 Å². The van der Waals surface area contributed by atoms with Crippen LogP contribution in [-0.2, 0) is 9.53 Å². The highest BCUT2D eigenvalue weighted by atomic mass is 16.5. The van der Waals surface area contributed by atoms with Crippen LogP contribution in [0.4, 0.5) is 0 Å². The number of rotatable bonds is 3. The summed E-state index contributed by atoms with van der Waals surface area (Å²) in [6, 6.07) is 7.82. The van der Waals surface area contributed by atoms with E-state index >= 15 is 0 Å². The lowest BCUT2D eigenvalue weighted by molar-refractivity contribution is -0.560. The third-order valence-corrected chi connectivity index (χ3v) is 3.66. The molecule has 0 amide bonds. The molecule has 0 bridgehead atoms. The molecule has 1 aromatic rings. The van der Waals surface area contributed by atoms with E-state index in [0.717, 1.165) is 11.3 Å². The molecular formula is C14H19BN2O3. The van der Waals surface area contributed by atoms with Crippen molar-refractivity contribution in [1.82, 2.24) is 5.01 Å². The van der Waals surface area contributed by atoms with E-state index in [1.807, 2.05) is 61.5 Å². The van der Waals surface area contributed by atoms with E-state index in [1.54, 1.807) is 7.11 Å². The zero-order chi connectivity index (χ0) is 14.7. The Hall–Kier alpha value is -1.98. The van der Waals surface area contributed by atoms with Crippen molar-refractivity contribution in [3.8, 4) is 5.75 Å². The van der Waals surface area contributed by atoms with Gasteiger partial charge in [0.25, 0.3) is 5.97 Å². The fourth-order valence-corrected chi connectivity index (χ4v) is 2.21. The molecule has 1 heterocycles. The van der Waals surface area contributed by atoms with E-state index < -0.39 is 0 Å². The van der Waals surface area contributed by atoms with Crippen LogP contribution in [0.25, 0.3) is 0 Å². The quantitative estimate of drug-likeness (QED) is 0.608. The lowest BCUT2D eigenvalue weighted by Gasteiger charge is -2.22. The Morgan fingerprint density at radius 1 is 1.35 bits per heavy atom. The summed E-state index contributed by atoms with van der Waals surface area (Å²) < 4.78 is 11.9. The number of ether oxygens (including phenoxy) is 2. The van der Waals surface area contributed by atoms with Gasteiger partial charge in [0.05, 0.1) is 27.3 Å². The van der Waals surface area contributed by atoms with Gasteiger partial charge in [-0.2, -0.15) is 0 Å². The summed E-state index contributed by atoms with van der Waals surface area (Å²) in [6.07, 6.45) is 1.97. The zero-order valence-corrected chi connectivity index (χ0v) is 12.2. The third-order valence-electron chi connectivity index (χ3n) is 3.66. The number of nitrogens with zero attached hydrogens (tertiary/aromatic N) is 2. The molecule has 1 aliphatic rings. The van der Waals surface area contributed by atoms with E-state index in [1.165, 1.54) is 7.11 Å². The highest BCUT2D eigenvalue weighted by Gasteiger charge is 2.34. The fraction of sp³-hybridized carbons (Fsp3) is 0.429. The number of methoxy groups -OCH3 is 2. The predicted molar refractivity (Wildman–Crippen MR) is 77.2 cm³/mol. The van der Waals surface area contributed by atoms with Gasteiger partial charge in [0, 0.05) is 5.56 Å². The van der Waals surface area contributed by atoms with Gasteiger partial charge in [-0.05, 0) is 37.0 Å². The van der Waals surface area contributed by atoms with Crippen molar-refractivity contribution in [1.29, 1.82) is 0 Å². The summed E-state index contributed by atoms with van der Waals surface area (Å²) in [5, 5.41) is 2.01. The van der Waals surface area contributed by atoms with Gasteiger partial charge in [0.2, 0.25) is 0 Å². The van der Waals surface area contributed by atoms with Gasteiger partial charge in [0.15, 0.2) is 0 Å². The normalized spacial score (nSPS) is 24.0. The van der Waals surface area contributed by atoms with Gasteiger partial charge < -0.3 is 14.1 Å². The second-order valence-electron chi connectivity index (χ2n) is 4.79. The minimum atomic E-state index is -0.250. The highest BCUT2D eigenvalue weighted by Crippen LogP contribution is 2.24. The Morgan fingerprint density at radius 3 is 2.55 bits per heavy atom. The van der Waals surface area contributed by atoms with Gasteiger partial charge in [-0.1, -0.05) is 0 Å². The number of benzene rings is 1. The molecule has 2 radical (unpaired) electrons. The van der Waals surface area contributed by atoms with Crippen molar-refractivity contribution in [2.24, 2.45) is 0 Å². The number of carbonyl (C=O) groups is 1. The average molecular weight is 274 g/mol. The highest BCUT2D eigenvalue weighted by molar-refractivity contribution is 6.37. The van der Waals surface area contributed by atoms with Crippen LogP contribution < -0.4 is 4.74 Å². The Kier molecular flexibility index (Phi) is 4.32. The standard InChI is InChI=1S/C14H19BN2O3/c1-10-13(14(18)20-4)15-17(16(10)2)9-11-5-7-12(19-3)8-6-11/h5-10,13H,1-4H3/b17-9+/t10-,13+/m1/s1. The lowest BCUT2D eigenvalue weighted by Crippen LogP contribution is -2.31. The average Bonchev–Trinajstić information content (AvgIpc) is 2.76. The van der Waals surface area contributed by atoms with Gasteiger partial charge in [-0.15, -0.1) is 0 Å². The van der Waals surface area contributed by atoms with Crippen LogP contribution >= 0.6 is 0 Å². The molecule has 6 heteroatoms. The van der Waals surface area contributed by atoms with Crippen LogP contribution in [0, 0.1) is 0 Å². The largest absolute Gasteiger partial charge is 0.497 e.